The molecule has 0 amide bonds. The molecule has 0 spiro atoms. The molecule has 0 aliphatic rings. The summed E-state index contributed by atoms with van der Waals surface area (Å²) in [6.07, 6.45) is 0. The van der Waals surface area contributed by atoms with E-state index >= 15 is 0 Å². The van der Waals surface area contributed by atoms with Gasteiger partial charge in [0.1, 0.15) is 10.7 Å². The van der Waals surface area contributed by atoms with Crippen molar-refractivity contribution in [2.24, 2.45) is 0 Å². The zero-order chi connectivity index (χ0) is 12.4. The van der Waals surface area contributed by atoms with E-state index in [1.54, 1.807) is 23.6 Å². The molecule has 1 aromatic carbocycles. The van der Waals surface area contributed by atoms with Gasteiger partial charge in [-0.1, -0.05) is 0 Å². The van der Waals surface area contributed by atoms with E-state index in [9.17, 15) is 9.90 Å². The predicted molar refractivity (Wildman–Crippen MR) is 65.8 cm³/mol. The zero-order valence-electron chi connectivity index (χ0n) is 9.43. The molecule has 0 fully saturated rings. The van der Waals surface area contributed by atoms with E-state index in [-0.39, 0.29) is 11.5 Å². The van der Waals surface area contributed by atoms with Gasteiger partial charge in [-0.05, 0) is 18.2 Å². The van der Waals surface area contributed by atoms with Gasteiger partial charge in [0, 0.05) is 17.9 Å². The summed E-state index contributed by atoms with van der Waals surface area (Å²) in [5.41, 5.74) is 1.21. The number of aromatic hydroxyl groups is 1. The van der Waals surface area contributed by atoms with Crippen LogP contribution < -0.4 is 4.74 Å². The van der Waals surface area contributed by atoms with E-state index < -0.39 is 0 Å². The van der Waals surface area contributed by atoms with E-state index in [1.807, 2.05) is 0 Å². The van der Waals surface area contributed by atoms with E-state index in [4.69, 9.17) is 4.74 Å². The summed E-state index contributed by atoms with van der Waals surface area (Å²) in [5, 5.41) is 12.1. The Morgan fingerprint density at radius 2 is 2.24 bits per heavy atom. The maximum Gasteiger partial charge on any atom is 0.178 e. The van der Waals surface area contributed by atoms with Crippen molar-refractivity contribution < 1.29 is 14.6 Å². The Morgan fingerprint density at radius 3 is 2.76 bits per heavy atom. The van der Waals surface area contributed by atoms with Crippen molar-refractivity contribution in [3.05, 3.63) is 29.3 Å². The summed E-state index contributed by atoms with van der Waals surface area (Å²) in [6, 6.07) is 5.03. The fourth-order valence-corrected chi connectivity index (χ4v) is 2.25. The molecule has 1 heterocycles. The second-order valence-electron chi connectivity index (χ2n) is 3.48. The van der Waals surface area contributed by atoms with Crippen molar-refractivity contribution in [3.63, 3.8) is 0 Å². The van der Waals surface area contributed by atoms with Crippen LogP contribution in [0.15, 0.2) is 23.6 Å². The van der Waals surface area contributed by atoms with Crippen LogP contribution in [0.4, 0.5) is 0 Å². The smallest absolute Gasteiger partial charge is 0.178 e. The van der Waals surface area contributed by atoms with Crippen LogP contribution in [0.1, 0.15) is 17.4 Å². The Hall–Kier alpha value is -1.88. The van der Waals surface area contributed by atoms with Crippen LogP contribution in [-0.2, 0) is 0 Å². The summed E-state index contributed by atoms with van der Waals surface area (Å²) >= 11 is 1.37. The van der Waals surface area contributed by atoms with Gasteiger partial charge in [0.15, 0.2) is 17.3 Å². The maximum atomic E-state index is 11.1. The summed E-state index contributed by atoms with van der Waals surface area (Å²) in [7, 11) is 1.49. The van der Waals surface area contributed by atoms with Crippen molar-refractivity contribution in [2.45, 2.75) is 6.92 Å². The molecule has 0 unspecified atom stereocenters. The van der Waals surface area contributed by atoms with Crippen molar-refractivity contribution in [1.82, 2.24) is 4.98 Å². The summed E-state index contributed by atoms with van der Waals surface area (Å²) < 4.78 is 4.96. The molecule has 88 valence electrons. The summed E-state index contributed by atoms with van der Waals surface area (Å²) in [5.74, 6) is 0.409. The first-order chi connectivity index (χ1) is 8.11. The molecule has 0 radical (unpaired) electrons. The molecule has 2 rings (SSSR count). The number of hydrogen-bond acceptors (Lipinski definition) is 5. The monoisotopic (exact) mass is 249 g/mol. The Labute approximate surface area is 103 Å². The first-order valence-corrected chi connectivity index (χ1v) is 5.83. The lowest BCUT2D eigenvalue weighted by Crippen LogP contribution is -1.91. The molecule has 5 heteroatoms. The molecule has 0 atom stereocenters. The highest BCUT2D eigenvalue weighted by molar-refractivity contribution is 7.13. The third-order valence-electron chi connectivity index (χ3n) is 2.29. The Kier molecular flexibility index (Phi) is 3.10. The van der Waals surface area contributed by atoms with Gasteiger partial charge in [0.05, 0.1) is 7.11 Å². The average molecular weight is 249 g/mol. The molecule has 2 aromatic rings. The van der Waals surface area contributed by atoms with Gasteiger partial charge in [-0.15, -0.1) is 11.3 Å². The van der Waals surface area contributed by atoms with Crippen molar-refractivity contribution in [1.29, 1.82) is 0 Å². The Bertz CT molecular complexity index is 563. The van der Waals surface area contributed by atoms with Crippen molar-refractivity contribution in [2.75, 3.05) is 7.11 Å². The maximum absolute atomic E-state index is 11.1. The number of benzene rings is 1. The second-order valence-corrected chi connectivity index (χ2v) is 4.34. The first-order valence-electron chi connectivity index (χ1n) is 4.95. The second kappa shape index (κ2) is 4.55. The number of Topliss-reactive ketones (excluding diaryl/α,β-unsaturated/α-hetero) is 1. The SMILES string of the molecule is COc1ccc(-c2nc(C(C)=O)cs2)cc1O. The molecule has 4 nitrogen and oxygen atoms in total. The van der Waals surface area contributed by atoms with Gasteiger partial charge in [0.2, 0.25) is 0 Å². The Balaban J connectivity index is 2.39. The van der Waals surface area contributed by atoms with Crippen LogP contribution in [0, 0.1) is 0 Å². The van der Waals surface area contributed by atoms with Gasteiger partial charge in [-0.25, -0.2) is 4.98 Å². The van der Waals surface area contributed by atoms with Crippen LogP contribution in [0.5, 0.6) is 11.5 Å². The summed E-state index contributed by atoms with van der Waals surface area (Å²) in [6.45, 7) is 1.48. The number of ketones is 1. The number of methoxy groups -OCH3 is 1. The number of rotatable bonds is 3. The standard InChI is InChI=1S/C12H11NO3S/c1-7(14)9-6-17-12(13-9)8-3-4-11(16-2)10(15)5-8/h3-6,15H,1-2H3. The number of nitrogens with zero attached hydrogens (tertiary/aromatic N) is 1. The van der Waals surface area contributed by atoms with Gasteiger partial charge in [-0.3, -0.25) is 4.79 Å². The van der Waals surface area contributed by atoms with Crippen LogP contribution >= 0.6 is 11.3 Å². The van der Waals surface area contributed by atoms with E-state index in [2.05, 4.69) is 4.98 Å². The number of hydrogen-bond donors (Lipinski definition) is 1. The number of aromatic nitrogens is 1. The molecule has 17 heavy (non-hydrogen) atoms. The molecule has 0 bridgehead atoms. The van der Waals surface area contributed by atoms with E-state index in [0.29, 0.717) is 16.5 Å². The minimum Gasteiger partial charge on any atom is -0.504 e. The number of phenolic OH excluding ortho intramolecular Hbond substituents is 1. The molecule has 0 aliphatic carbocycles. The van der Waals surface area contributed by atoms with Crippen LogP contribution in [0.2, 0.25) is 0 Å². The number of ether oxygens (including phenoxy) is 1. The van der Waals surface area contributed by atoms with Crippen molar-refractivity contribution in [3.8, 4) is 22.1 Å². The minimum atomic E-state index is -0.0646. The van der Waals surface area contributed by atoms with Gasteiger partial charge in [0.25, 0.3) is 0 Å². The fraction of sp³-hybridized carbons (Fsp3) is 0.167. The quantitative estimate of drug-likeness (QED) is 0.850. The lowest BCUT2D eigenvalue weighted by Gasteiger charge is -2.03. The van der Waals surface area contributed by atoms with E-state index in [0.717, 1.165) is 5.56 Å². The largest absolute Gasteiger partial charge is 0.504 e. The normalized spacial score (nSPS) is 10.2. The highest BCUT2D eigenvalue weighted by Gasteiger charge is 2.10. The van der Waals surface area contributed by atoms with Gasteiger partial charge < -0.3 is 9.84 Å². The predicted octanol–water partition coefficient (Wildman–Crippen LogP) is 2.73. The number of carbonyl (C=O) groups excluding carboxylic acids is 1. The third-order valence-corrected chi connectivity index (χ3v) is 3.18. The first kappa shape index (κ1) is 11.6. The van der Waals surface area contributed by atoms with Gasteiger partial charge >= 0.3 is 0 Å². The number of thiazole rings is 1. The average Bonchev–Trinajstić information content (AvgIpc) is 2.78. The lowest BCUT2D eigenvalue weighted by molar-refractivity contribution is 0.101. The van der Waals surface area contributed by atoms with Crippen molar-refractivity contribution >= 4 is 17.1 Å². The molecular formula is C12H11NO3S. The molecule has 1 N–H and O–H groups in total. The van der Waals surface area contributed by atoms with E-state index in [1.165, 1.54) is 25.4 Å². The molecule has 0 aliphatic heterocycles. The molecule has 0 saturated heterocycles. The number of phenols is 1. The van der Waals surface area contributed by atoms with Crippen LogP contribution in [0.3, 0.4) is 0 Å². The molecule has 0 saturated carbocycles. The minimum absolute atomic E-state index is 0.0598. The Morgan fingerprint density at radius 1 is 1.47 bits per heavy atom. The fourth-order valence-electron chi connectivity index (χ4n) is 1.39. The lowest BCUT2D eigenvalue weighted by atomic mass is 10.2. The highest BCUT2D eigenvalue weighted by atomic mass is 32.1. The van der Waals surface area contributed by atoms with Gasteiger partial charge in [-0.2, -0.15) is 0 Å². The molecular weight excluding hydrogens is 238 g/mol. The summed E-state index contributed by atoms with van der Waals surface area (Å²) in [4.78, 5) is 15.3. The highest BCUT2D eigenvalue weighted by Crippen LogP contribution is 2.32. The third kappa shape index (κ3) is 2.29. The number of carbonyl (C=O) groups is 1. The molecule has 1 aromatic heterocycles. The van der Waals surface area contributed by atoms with Crippen LogP contribution in [0.25, 0.3) is 10.6 Å². The topological polar surface area (TPSA) is 59.4 Å². The zero-order valence-corrected chi connectivity index (χ0v) is 10.2. The van der Waals surface area contributed by atoms with Crippen LogP contribution in [-0.4, -0.2) is 23.0 Å².